The third-order valence-electron chi connectivity index (χ3n) is 3.52. The van der Waals surface area contributed by atoms with Crippen LogP contribution in [0.15, 0.2) is 53.6 Å². The Morgan fingerprint density at radius 2 is 1.56 bits per heavy atom. The Morgan fingerprint density at radius 1 is 0.889 bits per heavy atom. The van der Waals surface area contributed by atoms with Crippen molar-refractivity contribution in [2.75, 3.05) is 18.6 Å². The van der Waals surface area contributed by atoms with Crippen molar-refractivity contribution in [3.8, 4) is 11.1 Å². The predicted octanol–water partition coefficient (Wildman–Crippen LogP) is 2.74. The number of nitrogens with zero attached hydrogens (tertiary/aromatic N) is 3. The number of benzene rings is 2. The van der Waals surface area contributed by atoms with E-state index in [1.807, 2.05) is 12.1 Å². The van der Waals surface area contributed by atoms with Gasteiger partial charge in [-0.25, -0.2) is 0 Å². The van der Waals surface area contributed by atoms with Gasteiger partial charge < -0.3 is 4.90 Å². The van der Waals surface area contributed by atoms with E-state index in [1.165, 1.54) is 22.4 Å². The zero-order valence-electron chi connectivity index (χ0n) is 10.2. The van der Waals surface area contributed by atoms with E-state index in [0.717, 1.165) is 12.5 Å². The Bertz CT molecular complexity index is 660. The van der Waals surface area contributed by atoms with Crippen molar-refractivity contribution in [3.05, 3.63) is 54.1 Å². The highest BCUT2D eigenvalue weighted by molar-refractivity contribution is 6.19. The molecule has 2 heterocycles. The van der Waals surface area contributed by atoms with Gasteiger partial charge in [-0.15, -0.1) is 0 Å². The van der Waals surface area contributed by atoms with Crippen LogP contribution in [0.3, 0.4) is 0 Å². The molecule has 2 aliphatic rings. The number of hydrogen-bond acceptors (Lipinski definition) is 3. The molecule has 0 bridgehead atoms. The molecule has 0 amide bonds. The first kappa shape index (κ1) is 9.71. The number of para-hydroxylation sites is 1. The first-order valence-electron chi connectivity index (χ1n) is 6.11. The van der Waals surface area contributed by atoms with Crippen LogP contribution >= 0.6 is 0 Å². The first-order valence-corrected chi connectivity index (χ1v) is 6.11. The minimum Gasteiger partial charge on any atom is -0.304 e. The van der Waals surface area contributed by atoms with Crippen LogP contribution in [-0.2, 0) is 0 Å². The molecule has 0 aromatic heterocycles. The number of anilines is 1. The van der Waals surface area contributed by atoms with Gasteiger partial charge in [0.25, 0.3) is 0 Å². The molecule has 4 rings (SSSR count). The first-order chi connectivity index (χ1) is 8.84. The van der Waals surface area contributed by atoms with Crippen LogP contribution in [0.25, 0.3) is 11.1 Å². The van der Waals surface area contributed by atoms with Gasteiger partial charge in [0.15, 0.2) is 5.84 Å². The molecule has 3 heteroatoms. The molecule has 88 valence electrons. The van der Waals surface area contributed by atoms with Crippen molar-refractivity contribution in [3.63, 3.8) is 0 Å². The molecule has 3 nitrogen and oxygen atoms in total. The molecule has 0 saturated heterocycles. The minimum absolute atomic E-state index is 0.820. The summed E-state index contributed by atoms with van der Waals surface area (Å²) in [6.45, 7) is 0.820. The van der Waals surface area contributed by atoms with E-state index in [9.17, 15) is 0 Å². The summed E-state index contributed by atoms with van der Waals surface area (Å²) >= 11 is 0. The van der Waals surface area contributed by atoms with Gasteiger partial charge in [0.05, 0.1) is 5.69 Å². The number of fused-ring (bicyclic) bond motifs is 6. The van der Waals surface area contributed by atoms with Gasteiger partial charge in [-0.1, -0.05) is 42.5 Å². The Balaban J connectivity index is 2.07. The summed E-state index contributed by atoms with van der Waals surface area (Å²) in [5, 5.41) is 6.61. The van der Waals surface area contributed by atoms with E-state index in [4.69, 9.17) is 0 Å². The molecule has 0 radical (unpaired) electrons. The Hall–Kier alpha value is -2.29. The molecular weight excluding hydrogens is 222 g/mol. The van der Waals surface area contributed by atoms with Gasteiger partial charge in [-0.3, -0.25) is 5.01 Å². The van der Waals surface area contributed by atoms with Gasteiger partial charge in [-0.05, 0) is 11.6 Å². The fraction of sp³-hybridized carbons (Fsp3) is 0.133. The second kappa shape index (κ2) is 3.35. The number of hydrogen-bond donors (Lipinski definition) is 0. The van der Waals surface area contributed by atoms with E-state index in [2.05, 4.69) is 58.5 Å². The predicted molar refractivity (Wildman–Crippen MR) is 73.5 cm³/mol. The maximum absolute atomic E-state index is 4.63. The molecule has 0 fully saturated rings. The maximum atomic E-state index is 4.63. The molecule has 2 aliphatic heterocycles. The lowest BCUT2D eigenvalue weighted by Crippen LogP contribution is -2.33. The van der Waals surface area contributed by atoms with Crippen LogP contribution in [-0.4, -0.2) is 24.6 Å². The summed E-state index contributed by atoms with van der Waals surface area (Å²) < 4.78 is 0. The van der Waals surface area contributed by atoms with E-state index in [1.54, 1.807) is 0 Å². The lowest BCUT2D eigenvalue weighted by atomic mass is 9.93. The fourth-order valence-electron chi connectivity index (χ4n) is 2.76. The highest BCUT2D eigenvalue weighted by atomic mass is 15.6. The second-order valence-corrected chi connectivity index (χ2v) is 4.71. The lowest BCUT2D eigenvalue weighted by Gasteiger charge is -2.29. The van der Waals surface area contributed by atoms with Crippen LogP contribution in [0.4, 0.5) is 5.69 Å². The summed E-state index contributed by atoms with van der Waals surface area (Å²) in [7, 11) is 2.01. The van der Waals surface area contributed by atoms with Crippen molar-refractivity contribution in [2.24, 2.45) is 5.10 Å². The summed E-state index contributed by atoms with van der Waals surface area (Å²) in [4.78, 5) is 2.28. The van der Waals surface area contributed by atoms with Crippen molar-refractivity contribution < 1.29 is 0 Å². The molecule has 2 aromatic carbocycles. The van der Waals surface area contributed by atoms with Crippen molar-refractivity contribution in [1.82, 2.24) is 5.01 Å². The molecule has 0 aliphatic carbocycles. The SMILES string of the molecule is CN1CN2C(=N1)c1ccccc1-c1ccccc12. The second-order valence-electron chi connectivity index (χ2n) is 4.71. The van der Waals surface area contributed by atoms with Crippen LogP contribution < -0.4 is 4.90 Å². The number of rotatable bonds is 0. The third-order valence-corrected chi connectivity index (χ3v) is 3.52. The molecular formula is C15H13N3. The summed E-state index contributed by atoms with van der Waals surface area (Å²) in [5.74, 6) is 1.06. The normalized spacial score (nSPS) is 15.9. The van der Waals surface area contributed by atoms with E-state index < -0.39 is 0 Å². The Kier molecular flexibility index (Phi) is 1.81. The Morgan fingerprint density at radius 3 is 2.39 bits per heavy atom. The number of hydrazone groups is 1. The molecule has 0 N–H and O–H groups in total. The van der Waals surface area contributed by atoms with E-state index in [-0.39, 0.29) is 0 Å². The summed E-state index contributed by atoms with van der Waals surface area (Å²) in [5.41, 5.74) is 5.04. The zero-order chi connectivity index (χ0) is 12.1. The highest BCUT2D eigenvalue weighted by Gasteiger charge is 2.31. The van der Waals surface area contributed by atoms with Gasteiger partial charge in [0.2, 0.25) is 0 Å². The molecule has 2 aromatic rings. The van der Waals surface area contributed by atoms with Crippen LogP contribution in [0.2, 0.25) is 0 Å². The molecule has 0 atom stereocenters. The largest absolute Gasteiger partial charge is 0.304 e. The molecule has 0 unspecified atom stereocenters. The quantitative estimate of drug-likeness (QED) is 0.699. The third kappa shape index (κ3) is 1.16. The highest BCUT2D eigenvalue weighted by Crippen LogP contribution is 2.40. The molecule has 18 heavy (non-hydrogen) atoms. The van der Waals surface area contributed by atoms with Crippen LogP contribution in [0, 0.1) is 0 Å². The average molecular weight is 235 g/mol. The average Bonchev–Trinajstić information content (AvgIpc) is 2.81. The molecule has 0 spiro atoms. The van der Waals surface area contributed by atoms with Gasteiger partial charge >= 0.3 is 0 Å². The van der Waals surface area contributed by atoms with Crippen LogP contribution in [0.5, 0.6) is 0 Å². The maximum Gasteiger partial charge on any atom is 0.162 e. The van der Waals surface area contributed by atoms with Gasteiger partial charge in [-0.2, -0.15) is 5.10 Å². The monoisotopic (exact) mass is 235 g/mol. The summed E-state index contributed by atoms with van der Waals surface area (Å²) in [6.07, 6.45) is 0. The van der Waals surface area contributed by atoms with Crippen LogP contribution in [0.1, 0.15) is 5.56 Å². The molecule has 0 saturated carbocycles. The van der Waals surface area contributed by atoms with Gasteiger partial charge in [0, 0.05) is 18.2 Å². The van der Waals surface area contributed by atoms with Crippen molar-refractivity contribution in [1.29, 1.82) is 0 Å². The van der Waals surface area contributed by atoms with E-state index >= 15 is 0 Å². The van der Waals surface area contributed by atoms with Gasteiger partial charge in [0.1, 0.15) is 6.67 Å². The number of amidine groups is 1. The van der Waals surface area contributed by atoms with Crippen molar-refractivity contribution >= 4 is 11.5 Å². The topological polar surface area (TPSA) is 18.8 Å². The lowest BCUT2D eigenvalue weighted by molar-refractivity contribution is 0.393. The van der Waals surface area contributed by atoms with Crippen molar-refractivity contribution in [2.45, 2.75) is 0 Å². The fourth-order valence-corrected chi connectivity index (χ4v) is 2.76. The smallest absolute Gasteiger partial charge is 0.162 e. The Labute approximate surface area is 106 Å². The zero-order valence-corrected chi connectivity index (χ0v) is 10.2. The van der Waals surface area contributed by atoms with E-state index in [0.29, 0.717) is 0 Å². The summed E-state index contributed by atoms with van der Waals surface area (Å²) in [6, 6.07) is 17.0. The standard InChI is InChI=1S/C15H13N3/c1-17-10-18-14-9-5-4-7-12(14)11-6-2-3-8-13(11)15(18)16-17/h2-9H,10H2,1H3. The minimum atomic E-state index is 0.820.